The summed E-state index contributed by atoms with van der Waals surface area (Å²) in [4.78, 5) is 14.3. The monoisotopic (exact) mass is 385 g/mol. The summed E-state index contributed by atoms with van der Waals surface area (Å²) in [6.07, 6.45) is 2.17. The van der Waals surface area contributed by atoms with Crippen molar-refractivity contribution in [2.45, 2.75) is 12.8 Å². The number of likely N-dealkylation sites (tertiary alicyclic amines) is 1. The van der Waals surface area contributed by atoms with Crippen LogP contribution in [0.1, 0.15) is 23.2 Å². The van der Waals surface area contributed by atoms with Crippen molar-refractivity contribution in [3.8, 4) is 11.5 Å². The number of nitrogens with one attached hydrogen (secondary N) is 2. The van der Waals surface area contributed by atoms with Gasteiger partial charge in [-0.3, -0.25) is 4.79 Å². The van der Waals surface area contributed by atoms with Crippen molar-refractivity contribution in [1.29, 1.82) is 0 Å². The Morgan fingerprint density at radius 2 is 1.70 bits per heavy atom. The number of benzene rings is 2. The maximum Gasteiger partial charge on any atom is 0.253 e. The Morgan fingerprint density at radius 1 is 1.00 bits per heavy atom. The molecule has 7 heteroatoms. The molecule has 1 fully saturated rings. The Bertz CT molecular complexity index is 818. The summed E-state index contributed by atoms with van der Waals surface area (Å²) in [6, 6.07) is 12.8. The zero-order valence-electron chi connectivity index (χ0n) is 15.5. The van der Waals surface area contributed by atoms with E-state index in [0.717, 1.165) is 37.3 Å². The number of thiocarbonyl (C=S) groups is 1. The largest absolute Gasteiger partial charge is 0.497 e. The minimum atomic E-state index is 0.0859. The molecule has 1 amide bonds. The van der Waals surface area contributed by atoms with Crippen molar-refractivity contribution in [2.24, 2.45) is 0 Å². The van der Waals surface area contributed by atoms with Crippen LogP contribution < -0.4 is 20.1 Å². The number of carbonyl (C=O) groups excluding carboxylic acids is 1. The van der Waals surface area contributed by atoms with Crippen LogP contribution in [0, 0.1) is 0 Å². The van der Waals surface area contributed by atoms with Crippen LogP contribution in [0.25, 0.3) is 0 Å². The van der Waals surface area contributed by atoms with Gasteiger partial charge in [-0.2, -0.15) is 0 Å². The highest BCUT2D eigenvalue weighted by Gasteiger charge is 2.19. The van der Waals surface area contributed by atoms with Crippen LogP contribution >= 0.6 is 12.2 Å². The number of rotatable bonds is 5. The van der Waals surface area contributed by atoms with Crippen LogP contribution in [0.3, 0.4) is 0 Å². The molecule has 0 aromatic heterocycles. The predicted octanol–water partition coefficient (Wildman–Crippen LogP) is 3.75. The molecule has 2 aromatic rings. The van der Waals surface area contributed by atoms with Gasteiger partial charge >= 0.3 is 0 Å². The zero-order chi connectivity index (χ0) is 19.2. The van der Waals surface area contributed by atoms with Gasteiger partial charge in [0.1, 0.15) is 11.5 Å². The molecule has 1 aliphatic rings. The number of hydrogen-bond donors (Lipinski definition) is 2. The molecule has 27 heavy (non-hydrogen) atoms. The first kappa shape index (κ1) is 19.0. The number of ether oxygens (including phenoxy) is 2. The normalized spacial score (nSPS) is 13.2. The number of methoxy groups -OCH3 is 2. The Labute approximate surface area is 164 Å². The minimum Gasteiger partial charge on any atom is -0.497 e. The molecule has 0 saturated carbocycles. The van der Waals surface area contributed by atoms with E-state index in [-0.39, 0.29) is 5.91 Å². The molecule has 0 spiro atoms. The van der Waals surface area contributed by atoms with E-state index in [2.05, 4.69) is 10.6 Å². The molecular weight excluding hydrogens is 362 g/mol. The molecule has 142 valence electrons. The lowest BCUT2D eigenvalue weighted by molar-refractivity contribution is 0.0793. The minimum absolute atomic E-state index is 0.0859. The van der Waals surface area contributed by atoms with Crippen LogP contribution in [0.15, 0.2) is 42.5 Å². The van der Waals surface area contributed by atoms with E-state index in [0.29, 0.717) is 22.2 Å². The van der Waals surface area contributed by atoms with E-state index in [4.69, 9.17) is 21.7 Å². The second kappa shape index (κ2) is 8.73. The molecule has 0 aliphatic carbocycles. The Balaban J connectivity index is 1.62. The molecule has 0 radical (unpaired) electrons. The first-order valence-electron chi connectivity index (χ1n) is 8.80. The van der Waals surface area contributed by atoms with Crippen LogP contribution in [0.4, 0.5) is 11.4 Å². The second-order valence-electron chi connectivity index (χ2n) is 6.22. The smallest absolute Gasteiger partial charge is 0.253 e. The highest BCUT2D eigenvalue weighted by Crippen LogP contribution is 2.29. The van der Waals surface area contributed by atoms with Gasteiger partial charge in [0.2, 0.25) is 0 Å². The van der Waals surface area contributed by atoms with Crippen LogP contribution in [-0.2, 0) is 0 Å². The summed E-state index contributed by atoms with van der Waals surface area (Å²) in [7, 11) is 3.19. The molecule has 0 bridgehead atoms. The third-order valence-electron chi connectivity index (χ3n) is 4.44. The fraction of sp³-hybridized carbons (Fsp3) is 0.300. The molecule has 2 aromatic carbocycles. The van der Waals surface area contributed by atoms with Gasteiger partial charge in [-0.1, -0.05) is 0 Å². The maximum absolute atomic E-state index is 12.4. The van der Waals surface area contributed by atoms with Crippen molar-refractivity contribution in [3.05, 3.63) is 48.0 Å². The van der Waals surface area contributed by atoms with Gasteiger partial charge in [0.15, 0.2) is 5.11 Å². The number of amides is 1. The molecule has 1 aliphatic heterocycles. The lowest BCUT2D eigenvalue weighted by Crippen LogP contribution is -2.27. The Kier molecular flexibility index (Phi) is 6.13. The van der Waals surface area contributed by atoms with Crippen molar-refractivity contribution >= 4 is 34.6 Å². The predicted molar refractivity (Wildman–Crippen MR) is 111 cm³/mol. The molecule has 1 saturated heterocycles. The van der Waals surface area contributed by atoms with Crippen molar-refractivity contribution in [2.75, 3.05) is 37.9 Å². The van der Waals surface area contributed by atoms with E-state index in [1.165, 1.54) is 0 Å². The van der Waals surface area contributed by atoms with Gasteiger partial charge in [0.25, 0.3) is 5.91 Å². The highest BCUT2D eigenvalue weighted by atomic mass is 32.1. The third-order valence-corrected chi connectivity index (χ3v) is 4.64. The van der Waals surface area contributed by atoms with E-state index in [9.17, 15) is 4.79 Å². The van der Waals surface area contributed by atoms with Crippen molar-refractivity contribution in [1.82, 2.24) is 4.90 Å². The standard InChI is InChI=1S/C20H23N3O3S/c1-25-16-9-10-17(18(13-16)26-2)22-20(27)21-15-7-5-14(6-8-15)19(24)23-11-3-4-12-23/h5-10,13H,3-4,11-12H2,1-2H3,(H2,21,22,27). The van der Waals surface area contributed by atoms with Crippen molar-refractivity contribution < 1.29 is 14.3 Å². The number of carbonyl (C=O) groups is 1. The number of nitrogens with zero attached hydrogens (tertiary/aromatic N) is 1. The van der Waals surface area contributed by atoms with Crippen LogP contribution in [-0.4, -0.2) is 43.2 Å². The molecule has 0 atom stereocenters. The molecule has 1 heterocycles. The summed E-state index contributed by atoms with van der Waals surface area (Å²) in [5.41, 5.74) is 2.23. The summed E-state index contributed by atoms with van der Waals surface area (Å²) in [5, 5.41) is 6.65. The topological polar surface area (TPSA) is 62.8 Å². The summed E-state index contributed by atoms with van der Waals surface area (Å²) >= 11 is 5.37. The molecule has 6 nitrogen and oxygen atoms in total. The van der Waals surface area contributed by atoms with Gasteiger partial charge in [0, 0.05) is 30.4 Å². The van der Waals surface area contributed by atoms with Gasteiger partial charge in [-0.25, -0.2) is 0 Å². The molecule has 2 N–H and O–H groups in total. The van der Waals surface area contributed by atoms with Crippen LogP contribution in [0.2, 0.25) is 0 Å². The van der Waals surface area contributed by atoms with E-state index in [1.54, 1.807) is 20.3 Å². The second-order valence-corrected chi connectivity index (χ2v) is 6.63. The first-order valence-corrected chi connectivity index (χ1v) is 9.21. The van der Waals surface area contributed by atoms with Gasteiger partial charge in [-0.15, -0.1) is 0 Å². The summed E-state index contributed by atoms with van der Waals surface area (Å²) < 4.78 is 10.6. The molecule has 3 rings (SSSR count). The third kappa shape index (κ3) is 4.68. The first-order chi connectivity index (χ1) is 13.1. The maximum atomic E-state index is 12.4. The van der Waals surface area contributed by atoms with Crippen LogP contribution in [0.5, 0.6) is 11.5 Å². The Morgan fingerprint density at radius 3 is 2.33 bits per heavy atom. The highest BCUT2D eigenvalue weighted by molar-refractivity contribution is 7.80. The Hall–Kier alpha value is -2.80. The SMILES string of the molecule is COc1ccc(NC(=S)Nc2ccc(C(=O)N3CCCC3)cc2)c(OC)c1. The lowest BCUT2D eigenvalue weighted by Gasteiger charge is -2.16. The van der Waals surface area contributed by atoms with Gasteiger partial charge in [0.05, 0.1) is 19.9 Å². The average molecular weight is 385 g/mol. The number of anilines is 2. The molecular formula is C20H23N3O3S. The number of hydrogen-bond acceptors (Lipinski definition) is 4. The van der Waals surface area contributed by atoms with E-state index >= 15 is 0 Å². The fourth-order valence-corrected chi connectivity index (χ4v) is 3.21. The molecule has 0 unspecified atom stereocenters. The quantitative estimate of drug-likeness (QED) is 0.765. The van der Waals surface area contributed by atoms with E-state index in [1.807, 2.05) is 41.3 Å². The lowest BCUT2D eigenvalue weighted by atomic mass is 10.2. The summed E-state index contributed by atoms with van der Waals surface area (Å²) in [6.45, 7) is 1.69. The van der Waals surface area contributed by atoms with Gasteiger partial charge < -0.3 is 25.0 Å². The summed E-state index contributed by atoms with van der Waals surface area (Å²) in [5.74, 6) is 1.42. The van der Waals surface area contributed by atoms with Crippen molar-refractivity contribution in [3.63, 3.8) is 0 Å². The van der Waals surface area contributed by atoms with E-state index < -0.39 is 0 Å². The zero-order valence-corrected chi connectivity index (χ0v) is 16.3. The fourth-order valence-electron chi connectivity index (χ4n) is 2.99. The average Bonchev–Trinajstić information content (AvgIpc) is 3.23. The van der Waals surface area contributed by atoms with Gasteiger partial charge in [-0.05, 0) is 61.5 Å².